The molecular formula is C12H13Cl2NO4S. The van der Waals surface area contributed by atoms with Gasteiger partial charge < -0.3 is 0 Å². The molecule has 0 bridgehead atoms. The SMILES string of the molecule is CC[n+]1c(C=C(C)Cl)sc2ccccc21.[O-][Cl+3]([O-])([O-])[O-]. The number of hydrogen-bond donors (Lipinski definition) is 0. The van der Waals surface area contributed by atoms with E-state index in [1.165, 1.54) is 15.2 Å². The normalized spacial score (nSPS) is 12.2. The molecule has 5 nitrogen and oxygen atoms in total. The van der Waals surface area contributed by atoms with Crippen molar-refractivity contribution in [3.63, 3.8) is 0 Å². The number of rotatable bonds is 2. The highest BCUT2D eigenvalue weighted by atomic mass is 35.7. The lowest BCUT2D eigenvalue weighted by Gasteiger charge is -2.17. The van der Waals surface area contributed by atoms with Gasteiger partial charge in [0.05, 0.1) is 0 Å². The Hall–Kier alpha value is -0.730. The van der Waals surface area contributed by atoms with Gasteiger partial charge in [0.15, 0.2) is 0 Å². The summed E-state index contributed by atoms with van der Waals surface area (Å²) in [5.74, 6) is 0. The molecule has 2 aromatic rings. The third kappa shape index (κ3) is 5.72. The predicted molar refractivity (Wildman–Crippen MR) is 67.2 cm³/mol. The molecule has 0 aliphatic carbocycles. The maximum atomic E-state index is 8.49. The Morgan fingerprint density at radius 1 is 1.30 bits per heavy atom. The molecular weight excluding hydrogens is 325 g/mol. The summed E-state index contributed by atoms with van der Waals surface area (Å²) in [6.07, 6.45) is 2.02. The average molecular weight is 338 g/mol. The zero-order chi connectivity index (χ0) is 15.3. The molecule has 0 radical (unpaired) electrons. The predicted octanol–water partition coefficient (Wildman–Crippen LogP) is -0.948. The van der Waals surface area contributed by atoms with Gasteiger partial charge in [0.2, 0.25) is 5.52 Å². The second-order valence-corrected chi connectivity index (χ2v) is 6.18. The summed E-state index contributed by atoms with van der Waals surface area (Å²) in [7, 11) is -4.94. The number of aromatic nitrogens is 1. The number of allylic oxidation sites excluding steroid dienone is 1. The van der Waals surface area contributed by atoms with Crippen molar-refractivity contribution in [3.8, 4) is 0 Å². The van der Waals surface area contributed by atoms with Crippen molar-refractivity contribution in [2.75, 3.05) is 0 Å². The van der Waals surface area contributed by atoms with Gasteiger partial charge in [-0.3, -0.25) is 0 Å². The fraction of sp³-hybridized carbons (Fsp3) is 0.250. The molecule has 0 saturated heterocycles. The second-order valence-electron chi connectivity index (χ2n) is 3.76. The van der Waals surface area contributed by atoms with E-state index in [0.29, 0.717) is 0 Å². The summed E-state index contributed by atoms with van der Waals surface area (Å²) in [4.78, 5) is 0. The van der Waals surface area contributed by atoms with Crippen LogP contribution in [0.1, 0.15) is 18.9 Å². The van der Waals surface area contributed by atoms with E-state index in [-0.39, 0.29) is 0 Å². The molecule has 0 atom stereocenters. The molecule has 1 aromatic carbocycles. The molecule has 0 N–H and O–H groups in total. The van der Waals surface area contributed by atoms with Gasteiger partial charge in [0.25, 0.3) is 5.01 Å². The topological polar surface area (TPSA) is 96.1 Å². The number of aryl methyl sites for hydroxylation is 1. The van der Waals surface area contributed by atoms with E-state index in [9.17, 15) is 0 Å². The third-order valence-electron chi connectivity index (χ3n) is 2.28. The van der Waals surface area contributed by atoms with Gasteiger partial charge in [-0.15, -0.1) is 10.2 Å². The maximum Gasteiger partial charge on any atom is 0.263 e. The Bertz CT molecular complexity index is 597. The molecule has 20 heavy (non-hydrogen) atoms. The van der Waals surface area contributed by atoms with Gasteiger partial charge in [-0.1, -0.05) is 35.1 Å². The van der Waals surface area contributed by atoms with Gasteiger partial charge in [-0.2, -0.15) is 4.57 Å². The first kappa shape index (κ1) is 17.3. The molecule has 110 valence electrons. The molecule has 1 heterocycles. The Balaban J connectivity index is 0.000000347. The van der Waals surface area contributed by atoms with Crippen LogP contribution in [0.3, 0.4) is 0 Å². The van der Waals surface area contributed by atoms with Crippen LogP contribution >= 0.6 is 22.9 Å². The lowest BCUT2D eigenvalue weighted by atomic mass is 10.3. The van der Waals surface area contributed by atoms with Crippen LogP contribution in [0.4, 0.5) is 0 Å². The summed E-state index contributed by atoms with van der Waals surface area (Å²) in [5, 5.41) is 2.04. The van der Waals surface area contributed by atoms with Gasteiger partial charge in [0.1, 0.15) is 11.2 Å². The van der Waals surface area contributed by atoms with E-state index in [1.54, 1.807) is 11.3 Å². The zero-order valence-corrected chi connectivity index (χ0v) is 13.2. The average Bonchev–Trinajstić information content (AvgIpc) is 2.62. The van der Waals surface area contributed by atoms with Crippen LogP contribution in [0.15, 0.2) is 29.3 Å². The number of fused-ring (bicyclic) bond motifs is 1. The van der Waals surface area contributed by atoms with Gasteiger partial charge >= 0.3 is 0 Å². The van der Waals surface area contributed by atoms with Crippen LogP contribution in [0.25, 0.3) is 16.3 Å². The first-order valence-electron chi connectivity index (χ1n) is 5.59. The summed E-state index contributed by atoms with van der Waals surface area (Å²) in [6.45, 7) is 5.03. The van der Waals surface area contributed by atoms with Crippen LogP contribution < -0.4 is 23.2 Å². The first-order chi connectivity index (χ1) is 9.22. The van der Waals surface area contributed by atoms with Crippen molar-refractivity contribution in [1.82, 2.24) is 0 Å². The molecule has 1 aromatic heterocycles. The molecule has 0 saturated carbocycles. The smallest absolute Gasteiger partial charge is 0.222 e. The van der Waals surface area contributed by atoms with Crippen LogP contribution in [-0.4, -0.2) is 0 Å². The molecule has 2 rings (SSSR count). The quantitative estimate of drug-likeness (QED) is 0.660. The number of hydrogen-bond acceptors (Lipinski definition) is 5. The highest BCUT2D eigenvalue weighted by Crippen LogP contribution is 2.22. The van der Waals surface area contributed by atoms with Crippen molar-refractivity contribution in [3.05, 3.63) is 34.3 Å². The van der Waals surface area contributed by atoms with Crippen molar-refractivity contribution in [2.24, 2.45) is 0 Å². The summed E-state index contributed by atoms with van der Waals surface area (Å²) < 4.78 is 37.6. The van der Waals surface area contributed by atoms with E-state index in [4.69, 9.17) is 30.2 Å². The lowest BCUT2D eigenvalue weighted by molar-refractivity contribution is -2.00. The molecule has 0 amide bonds. The van der Waals surface area contributed by atoms with Gasteiger partial charge in [0, 0.05) is 17.2 Å². The second kappa shape index (κ2) is 7.33. The number of thiazole rings is 1. The molecule has 8 heteroatoms. The maximum absolute atomic E-state index is 8.49. The fourth-order valence-electron chi connectivity index (χ4n) is 1.66. The summed E-state index contributed by atoms with van der Waals surface area (Å²) in [5.41, 5.74) is 1.29. The van der Waals surface area contributed by atoms with E-state index < -0.39 is 10.2 Å². The number of benzene rings is 1. The monoisotopic (exact) mass is 337 g/mol. The minimum absolute atomic E-state index is 0.823. The Kier molecular flexibility index (Phi) is 6.35. The van der Waals surface area contributed by atoms with Gasteiger partial charge in [-0.05, 0) is 19.9 Å². The zero-order valence-electron chi connectivity index (χ0n) is 10.8. The van der Waals surface area contributed by atoms with Crippen LogP contribution in [0, 0.1) is 10.2 Å². The fourth-order valence-corrected chi connectivity index (χ4v) is 3.05. The van der Waals surface area contributed by atoms with Crippen molar-refractivity contribution in [2.45, 2.75) is 20.4 Å². The Morgan fingerprint density at radius 3 is 2.35 bits per heavy atom. The molecule has 0 fully saturated rings. The largest absolute Gasteiger partial charge is 0.263 e. The molecule has 0 unspecified atom stereocenters. The first-order valence-corrected chi connectivity index (χ1v) is 8.02. The van der Waals surface area contributed by atoms with Crippen molar-refractivity contribution >= 4 is 39.2 Å². The number of halogens is 2. The molecule has 0 aliphatic heterocycles. The highest BCUT2D eigenvalue weighted by Gasteiger charge is 2.16. The number of para-hydroxylation sites is 1. The standard InChI is InChI=1S/C12H13ClNS.ClHO4/c1-3-14-10-6-4-5-7-11(10)15-12(14)8-9(2)13;2-1(3,4)5/h4-8H,3H2,1-2H3;(H,2,3,4,5)/q+1;/p-1. The highest BCUT2D eigenvalue weighted by molar-refractivity contribution is 7.18. The summed E-state index contributed by atoms with van der Waals surface area (Å²) >= 11 is 7.70. The lowest BCUT2D eigenvalue weighted by Crippen LogP contribution is -2.68. The molecule has 0 aliphatic rings. The van der Waals surface area contributed by atoms with Crippen molar-refractivity contribution in [1.29, 1.82) is 0 Å². The van der Waals surface area contributed by atoms with E-state index in [1.807, 2.05) is 13.0 Å². The van der Waals surface area contributed by atoms with Crippen LogP contribution in [-0.2, 0) is 6.54 Å². The van der Waals surface area contributed by atoms with Crippen LogP contribution in [0.5, 0.6) is 0 Å². The Morgan fingerprint density at radius 2 is 1.85 bits per heavy atom. The third-order valence-corrected chi connectivity index (χ3v) is 3.50. The van der Waals surface area contributed by atoms with Crippen LogP contribution in [0.2, 0.25) is 0 Å². The van der Waals surface area contributed by atoms with E-state index >= 15 is 0 Å². The van der Waals surface area contributed by atoms with E-state index in [2.05, 4.69) is 35.8 Å². The minimum atomic E-state index is -4.94. The number of nitrogens with zero attached hydrogens (tertiary/aromatic N) is 1. The summed E-state index contributed by atoms with van der Waals surface area (Å²) in [6, 6.07) is 8.44. The minimum Gasteiger partial charge on any atom is -0.222 e. The van der Waals surface area contributed by atoms with Crippen molar-refractivity contribution < 1.29 is 33.4 Å². The Labute approximate surface area is 127 Å². The van der Waals surface area contributed by atoms with E-state index in [0.717, 1.165) is 11.6 Å². The molecule has 0 spiro atoms. The van der Waals surface area contributed by atoms with Gasteiger partial charge in [-0.25, -0.2) is 18.6 Å².